The topological polar surface area (TPSA) is 63.6 Å². The van der Waals surface area contributed by atoms with Crippen molar-refractivity contribution in [1.82, 2.24) is 0 Å². The molecule has 0 spiro atoms. The Morgan fingerprint density at radius 2 is 1.32 bits per heavy atom. The zero-order valence-electron chi connectivity index (χ0n) is 9.05. The first kappa shape index (κ1) is 18.4. The number of rotatable bonds is 8. The highest BCUT2D eigenvalue weighted by Gasteiger charge is 2.50. The summed E-state index contributed by atoms with van der Waals surface area (Å²) in [6.45, 7) is -4.60. The zero-order valence-corrected chi connectivity index (χ0v) is 9.87. The normalized spacial score (nSPS) is 14.7. The molecule has 0 heterocycles. The molecule has 0 saturated heterocycles. The minimum absolute atomic E-state index is 2.15. The average molecular weight is 322 g/mol. The van der Waals surface area contributed by atoms with E-state index in [1.54, 1.807) is 0 Å². The molecule has 0 bridgehead atoms. The largest absolute Gasteiger partial charge is 0.397 e. The van der Waals surface area contributed by atoms with Crippen LogP contribution in [-0.4, -0.2) is 44.0 Å². The van der Waals surface area contributed by atoms with E-state index >= 15 is 0 Å². The molecule has 0 radical (unpaired) electrons. The van der Waals surface area contributed by atoms with E-state index in [-0.39, 0.29) is 0 Å². The highest BCUT2D eigenvalue weighted by atomic mass is 32.3. The lowest BCUT2D eigenvalue weighted by Crippen LogP contribution is -2.38. The molecule has 116 valence electrons. The van der Waals surface area contributed by atoms with E-state index in [1.807, 2.05) is 0 Å². The molecule has 0 fully saturated rings. The van der Waals surface area contributed by atoms with Crippen LogP contribution in [0.1, 0.15) is 12.8 Å². The molecular formula is C7H9F7O4S. The Bertz CT molecular complexity index is 394. The number of hydrogen-bond acceptors (Lipinski definition) is 3. The molecule has 0 aliphatic heterocycles. The second-order valence-electron chi connectivity index (χ2n) is 3.74. The van der Waals surface area contributed by atoms with Gasteiger partial charge in [-0.3, -0.25) is 4.55 Å². The fourth-order valence-electron chi connectivity index (χ4n) is 1.08. The maximum atomic E-state index is 12.8. The van der Waals surface area contributed by atoms with Gasteiger partial charge < -0.3 is 0 Å². The van der Waals surface area contributed by atoms with E-state index in [0.717, 1.165) is 0 Å². The van der Waals surface area contributed by atoms with Gasteiger partial charge >= 0.3 is 10.4 Å². The van der Waals surface area contributed by atoms with Crippen LogP contribution in [0.15, 0.2) is 0 Å². The number of alkyl halides is 7. The van der Waals surface area contributed by atoms with Crippen molar-refractivity contribution in [3.8, 4) is 0 Å². The van der Waals surface area contributed by atoms with Crippen LogP contribution >= 0.6 is 0 Å². The quantitative estimate of drug-likeness (QED) is 0.551. The third-order valence-electron chi connectivity index (χ3n) is 1.65. The van der Waals surface area contributed by atoms with Crippen molar-refractivity contribution in [3.05, 3.63) is 0 Å². The molecule has 19 heavy (non-hydrogen) atoms. The van der Waals surface area contributed by atoms with Crippen molar-refractivity contribution >= 4 is 10.4 Å². The predicted molar refractivity (Wildman–Crippen MR) is 47.6 cm³/mol. The van der Waals surface area contributed by atoms with Crippen LogP contribution in [0.2, 0.25) is 0 Å². The first-order valence-corrected chi connectivity index (χ1v) is 5.86. The Kier molecular flexibility index (Phi) is 5.60. The van der Waals surface area contributed by atoms with Gasteiger partial charge in [0.25, 0.3) is 17.8 Å². The van der Waals surface area contributed by atoms with Crippen molar-refractivity contribution in [2.75, 3.05) is 13.3 Å². The lowest BCUT2D eigenvalue weighted by atomic mass is 10.0. The standard InChI is InChI=1S/C7H9F7O4S/c8-3-6(11,12)1-5(9,10)2-7(13,14)4-18-19(15,16)17/h1-4H2,(H,15,16,17). The van der Waals surface area contributed by atoms with Gasteiger partial charge in [0, 0.05) is 0 Å². The second-order valence-corrected chi connectivity index (χ2v) is 4.84. The van der Waals surface area contributed by atoms with Gasteiger partial charge in [0.1, 0.15) is 6.61 Å². The van der Waals surface area contributed by atoms with E-state index < -0.39 is 54.3 Å². The van der Waals surface area contributed by atoms with Gasteiger partial charge in [-0.25, -0.2) is 34.9 Å². The van der Waals surface area contributed by atoms with Gasteiger partial charge in [0.05, 0.1) is 12.8 Å². The third-order valence-corrected chi connectivity index (χ3v) is 2.06. The lowest BCUT2D eigenvalue weighted by Gasteiger charge is -2.25. The summed E-state index contributed by atoms with van der Waals surface area (Å²) >= 11 is 0. The molecule has 0 aliphatic carbocycles. The van der Waals surface area contributed by atoms with Crippen molar-refractivity contribution in [2.45, 2.75) is 30.6 Å². The van der Waals surface area contributed by atoms with Crippen LogP contribution in [0.5, 0.6) is 0 Å². The van der Waals surface area contributed by atoms with Crippen LogP contribution in [0, 0.1) is 0 Å². The maximum absolute atomic E-state index is 12.8. The lowest BCUT2D eigenvalue weighted by molar-refractivity contribution is -0.168. The Morgan fingerprint density at radius 1 is 0.895 bits per heavy atom. The summed E-state index contributed by atoms with van der Waals surface area (Å²) < 4.78 is 119. The number of halogens is 7. The fraction of sp³-hybridized carbons (Fsp3) is 1.00. The summed E-state index contributed by atoms with van der Waals surface area (Å²) in [5.74, 6) is -13.6. The van der Waals surface area contributed by atoms with Crippen molar-refractivity contribution in [3.63, 3.8) is 0 Å². The monoisotopic (exact) mass is 322 g/mol. The van der Waals surface area contributed by atoms with E-state index in [0.29, 0.717) is 0 Å². The van der Waals surface area contributed by atoms with Crippen molar-refractivity contribution < 1.29 is 47.9 Å². The van der Waals surface area contributed by atoms with Gasteiger partial charge in [-0.05, 0) is 0 Å². The second kappa shape index (κ2) is 5.79. The Balaban J connectivity index is 4.63. The summed E-state index contributed by atoms with van der Waals surface area (Å²) in [6, 6.07) is 0. The molecular weight excluding hydrogens is 313 g/mol. The van der Waals surface area contributed by atoms with Crippen LogP contribution < -0.4 is 0 Å². The van der Waals surface area contributed by atoms with E-state index in [1.165, 1.54) is 0 Å². The summed E-state index contributed by atoms with van der Waals surface area (Å²) in [4.78, 5) is 0. The van der Waals surface area contributed by atoms with Crippen molar-refractivity contribution in [1.29, 1.82) is 0 Å². The average Bonchev–Trinajstić information content (AvgIpc) is 2.10. The van der Waals surface area contributed by atoms with Gasteiger partial charge in [-0.2, -0.15) is 8.42 Å². The zero-order chi connectivity index (χ0) is 15.5. The molecule has 0 amide bonds. The van der Waals surface area contributed by atoms with E-state index in [4.69, 9.17) is 4.55 Å². The highest BCUT2D eigenvalue weighted by molar-refractivity contribution is 7.80. The Hall–Kier alpha value is -0.620. The number of hydrogen-bond donors (Lipinski definition) is 1. The van der Waals surface area contributed by atoms with Crippen LogP contribution in [-0.2, 0) is 14.6 Å². The third kappa shape index (κ3) is 8.99. The Morgan fingerprint density at radius 3 is 1.68 bits per heavy atom. The SMILES string of the molecule is O=S(=O)(O)OCC(F)(F)CC(F)(F)CC(F)(F)CF. The highest BCUT2D eigenvalue weighted by Crippen LogP contribution is 2.38. The molecule has 0 unspecified atom stereocenters. The van der Waals surface area contributed by atoms with Crippen LogP contribution in [0.3, 0.4) is 0 Å². The summed E-state index contributed by atoms with van der Waals surface area (Å²) in [5, 5.41) is 0. The van der Waals surface area contributed by atoms with Gasteiger partial charge in [-0.1, -0.05) is 0 Å². The molecule has 0 saturated carbocycles. The minimum Gasteiger partial charge on any atom is -0.264 e. The minimum atomic E-state index is -5.29. The van der Waals surface area contributed by atoms with Gasteiger partial charge in [0.15, 0.2) is 6.67 Å². The molecule has 0 aromatic carbocycles. The predicted octanol–water partition coefficient (Wildman–Crippen LogP) is 2.46. The molecule has 0 atom stereocenters. The molecule has 0 aliphatic rings. The molecule has 12 heteroatoms. The molecule has 1 N–H and O–H groups in total. The van der Waals surface area contributed by atoms with Crippen molar-refractivity contribution in [2.24, 2.45) is 0 Å². The van der Waals surface area contributed by atoms with Crippen LogP contribution in [0.25, 0.3) is 0 Å². The molecule has 0 aromatic heterocycles. The fourth-order valence-corrected chi connectivity index (χ4v) is 1.40. The maximum Gasteiger partial charge on any atom is 0.397 e. The van der Waals surface area contributed by atoms with Gasteiger partial charge in [0.2, 0.25) is 0 Å². The summed E-state index contributed by atoms with van der Waals surface area (Å²) in [5.41, 5.74) is 0. The van der Waals surface area contributed by atoms with Gasteiger partial charge in [-0.15, -0.1) is 0 Å². The first-order chi connectivity index (χ1) is 8.18. The Labute approximate surface area is 103 Å². The van der Waals surface area contributed by atoms with E-state index in [2.05, 4.69) is 4.18 Å². The first-order valence-electron chi connectivity index (χ1n) is 4.49. The molecule has 4 nitrogen and oxygen atoms in total. The van der Waals surface area contributed by atoms with E-state index in [9.17, 15) is 39.2 Å². The summed E-state index contributed by atoms with van der Waals surface area (Å²) in [6.07, 6.45) is -4.94. The summed E-state index contributed by atoms with van der Waals surface area (Å²) in [7, 11) is -5.29. The smallest absolute Gasteiger partial charge is 0.264 e. The molecule has 0 rings (SSSR count). The molecule has 0 aromatic rings. The van der Waals surface area contributed by atoms with Crippen LogP contribution in [0.4, 0.5) is 30.7 Å².